The first-order valence-corrected chi connectivity index (χ1v) is 9.68. The van der Waals surface area contributed by atoms with Crippen LogP contribution in [0.5, 0.6) is 0 Å². The van der Waals surface area contributed by atoms with E-state index in [9.17, 15) is 4.79 Å². The van der Waals surface area contributed by atoms with Gasteiger partial charge in [-0.1, -0.05) is 56.3 Å². The number of rotatable bonds is 3. The van der Waals surface area contributed by atoms with E-state index in [2.05, 4.69) is 45.9 Å². The molecule has 1 saturated heterocycles. The zero-order valence-electron chi connectivity index (χ0n) is 16.7. The fourth-order valence-electron chi connectivity index (χ4n) is 3.78. The molecule has 1 amide bonds. The molecule has 2 aliphatic rings. The Hall–Kier alpha value is -2.08. The van der Waals surface area contributed by atoms with Gasteiger partial charge in [0.25, 0.3) is 0 Å². The van der Waals surface area contributed by atoms with E-state index in [1.807, 2.05) is 32.0 Å². The van der Waals surface area contributed by atoms with Gasteiger partial charge in [0.2, 0.25) is 5.91 Å². The van der Waals surface area contributed by atoms with E-state index < -0.39 is 6.04 Å². The van der Waals surface area contributed by atoms with Gasteiger partial charge in [-0.25, -0.2) is 0 Å². The van der Waals surface area contributed by atoms with E-state index in [0.29, 0.717) is 0 Å². The third kappa shape index (κ3) is 4.74. The number of fused-ring (bicyclic) bond motifs is 1. The largest absolute Gasteiger partial charge is 0.367 e. The van der Waals surface area contributed by atoms with Gasteiger partial charge in [-0.2, -0.15) is 0 Å². The van der Waals surface area contributed by atoms with Crippen molar-refractivity contribution in [3.8, 4) is 0 Å². The maximum absolute atomic E-state index is 13.0. The van der Waals surface area contributed by atoms with Gasteiger partial charge in [0.15, 0.2) is 0 Å². The first kappa shape index (κ1) is 23.2. The van der Waals surface area contributed by atoms with Crippen LogP contribution in [0.4, 0.5) is 11.4 Å². The lowest BCUT2D eigenvalue weighted by molar-refractivity contribution is -0.118. The summed E-state index contributed by atoms with van der Waals surface area (Å²) in [5.41, 5.74) is 4.89. The average Bonchev–Trinajstić information content (AvgIpc) is 2.85. The Morgan fingerprint density at radius 3 is 2.34 bits per heavy atom. The Bertz CT molecular complexity index is 864. The second-order valence-electron chi connectivity index (χ2n) is 7.46. The highest BCUT2D eigenvalue weighted by Crippen LogP contribution is 2.34. The number of para-hydroxylation sites is 1. The summed E-state index contributed by atoms with van der Waals surface area (Å²) < 4.78 is 0. The van der Waals surface area contributed by atoms with Gasteiger partial charge in [0.05, 0.1) is 17.1 Å². The van der Waals surface area contributed by atoms with Crippen LogP contribution in [0.3, 0.4) is 0 Å². The summed E-state index contributed by atoms with van der Waals surface area (Å²) in [4.78, 5) is 20.3. The lowest BCUT2D eigenvalue weighted by Crippen LogP contribution is -2.44. The average molecular weight is 435 g/mol. The molecule has 2 heterocycles. The third-order valence-corrected chi connectivity index (χ3v) is 5.22. The van der Waals surface area contributed by atoms with Crippen LogP contribution in [-0.2, 0) is 4.79 Å². The number of hydrogen-bond acceptors (Lipinski definition) is 4. The fraction of sp³-hybridized carbons (Fsp3) is 0.364. The van der Waals surface area contributed by atoms with E-state index in [-0.39, 0.29) is 36.6 Å². The number of anilines is 2. The van der Waals surface area contributed by atoms with E-state index in [1.165, 1.54) is 0 Å². The predicted molar refractivity (Wildman–Crippen MR) is 125 cm³/mol. The minimum atomic E-state index is -0.400. The number of halogens is 2. The van der Waals surface area contributed by atoms with Gasteiger partial charge in [-0.05, 0) is 12.0 Å². The van der Waals surface area contributed by atoms with Crippen LogP contribution in [0, 0.1) is 5.92 Å². The van der Waals surface area contributed by atoms with Crippen molar-refractivity contribution < 1.29 is 4.79 Å². The van der Waals surface area contributed by atoms with Crippen molar-refractivity contribution in [2.75, 3.05) is 36.4 Å². The van der Waals surface area contributed by atoms with E-state index in [4.69, 9.17) is 4.99 Å². The smallest absolute Gasteiger partial charge is 0.249 e. The second kappa shape index (κ2) is 10.1. The number of benzodiazepines with no additional fused rings is 1. The molecule has 2 aromatic carbocycles. The molecule has 0 saturated carbocycles. The molecule has 0 spiro atoms. The Morgan fingerprint density at radius 2 is 1.69 bits per heavy atom. The topological polar surface area (TPSA) is 56.7 Å². The molecule has 5 nitrogen and oxygen atoms in total. The molecule has 7 heteroatoms. The van der Waals surface area contributed by atoms with Gasteiger partial charge in [-0.3, -0.25) is 9.79 Å². The number of nitrogens with one attached hydrogen (secondary N) is 2. The fourth-order valence-corrected chi connectivity index (χ4v) is 3.78. The minimum Gasteiger partial charge on any atom is -0.367 e. The molecule has 0 aliphatic carbocycles. The van der Waals surface area contributed by atoms with Crippen LogP contribution in [0.15, 0.2) is 53.5 Å². The zero-order chi connectivity index (χ0) is 18.8. The lowest BCUT2D eigenvalue weighted by Gasteiger charge is -2.31. The van der Waals surface area contributed by atoms with E-state index >= 15 is 0 Å². The number of carbonyl (C=O) groups is 1. The van der Waals surface area contributed by atoms with Gasteiger partial charge >= 0.3 is 0 Å². The quantitative estimate of drug-likeness (QED) is 0.772. The summed E-state index contributed by atoms with van der Waals surface area (Å²) in [5, 5.41) is 6.59. The number of benzene rings is 2. The number of amides is 1. The summed E-state index contributed by atoms with van der Waals surface area (Å²) in [6, 6.07) is 16.0. The highest BCUT2D eigenvalue weighted by atomic mass is 35.5. The van der Waals surface area contributed by atoms with E-state index in [1.54, 1.807) is 0 Å². The van der Waals surface area contributed by atoms with Crippen LogP contribution in [0.25, 0.3) is 0 Å². The van der Waals surface area contributed by atoms with Crippen molar-refractivity contribution in [2.45, 2.75) is 19.9 Å². The molecule has 2 aliphatic heterocycles. The van der Waals surface area contributed by atoms with Gasteiger partial charge in [0, 0.05) is 37.3 Å². The first-order valence-electron chi connectivity index (χ1n) is 9.68. The molecule has 0 radical (unpaired) electrons. The molecule has 0 unspecified atom stereocenters. The summed E-state index contributed by atoms with van der Waals surface area (Å²) in [7, 11) is 0. The van der Waals surface area contributed by atoms with Gasteiger partial charge in [-0.15, -0.1) is 24.8 Å². The normalized spacial score (nSPS) is 18.6. The van der Waals surface area contributed by atoms with Crippen molar-refractivity contribution in [3.05, 3.63) is 59.7 Å². The van der Waals surface area contributed by atoms with Crippen molar-refractivity contribution in [2.24, 2.45) is 10.9 Å². The first-order chi connectivity index (χ1) is 13.1. The molecular weight excluding hydrogens is 407 g/mol. The van der Waals surface area contributed by atoms with Crippen LogP contribution < -0.4 is 15.5 Å². The van der Waals surface area contributed by atoms with Crippen molar-refractivity contribution in [1.82, 2.24) is 5.32 Å². The Balaban J connectivity index is 0.00000150. The third-order valence-electron chi connectivity index (χ3n) is 5.22. The van der Waals surface area contributed by atoms with Crippen molar-refractivity contribution in [3.63, 3.8) is 0 Å². The molecule has 0 bridgehead atoms. The molecule has 2 N–H and O–H groups in total. The lowest BCUT2D eigenvalue weighted by atomic mass is 9.99. The van der Waals surface area contributed by atoms with Gasteiger partial charge in [0.1, 0.15) is 6.04 Å². The van der Waals surface area contributed by atoms with Crippen LogP contribution in [-0.4, -0.2) is 43.8 Å². The number of piperazine rings is 1. The maximum Gasteiger partial charge on any atom is 0.249 e. The maximum atomic E-state index is 13.0. The Labute approximate surface area is 184 Å². The van der Waals surface area contributed by atoms with Crippen molar-refractivity contribution >= 4 is 47.8 Å². The number of carbonyl (C=O) groups excluding carboxylic acids is 1. The highest BCUT2D eigenvalue weighted by Gasteiger charge is 2.30. The van der Waals surface area contributed by atoms with Crippen LogP contribution >= 0.6 is 24.8 Å². The number of aliphatic imine (C=N–C) groups is 1. The SMILES string of the molecule is CC(C)[C@@H]1N=C(c2ccccc2)c2cccc(N3CCNCC3)c2NC1=O.Cl.Cl. The molecular formula is C22H28Cl2N4O. The van der Waals surface area contributed by atoms with E-state index in [0.717, 1.165) is 54.4 Å². The second-order valence-corrected chi connectivity index (χ2v) is 7.46. The molecule has 29 heavy (non-hydrogen) atoms. The molecule has 4 rings (SSSR count). The standard InChI is InChI=1S/C22H26N4O.2ClH/c1-15(2)19-22(27)25-21-17(20(24-19)16-7-4-3-5-8-16)9-6-10-18(21)26-13-11-23-12-14-26;;/h3-10,15,19,23H,11-14H2,1-2H3,(H,25,27);2*1H/t19-;;/m0../s1. The van der Waals surface area contributed by atoms with Crippen molar-refractivity contribution in [1.29, 1.82) is 0 Å². The summed E-state index contributed by atoms with van der Waals surface area (Å²) in [6.45, 7) is 7.85. The van der Waals surface area contributed by atoms with Gasteiger partial charge < -0.3 is 15.5 Å². The van der Waals surface area contributed by atoms with Crippen LogP contribution in [0.1, 0.15) is 25.0 Å². The predicted octanol–water partition coefficient (Wildman–Crippen LogP) is 3.75. The summed E-state index contributed by atoms with van der Waals surface area (Å²) in [6.07, 6.45) is 0. The minimum absolute atomic E-state index is 0. The molecule has 1 fully saturated rings. The molecule has 0 aromatic heterocycles. The summed E-state index contributed by atoms with van der Waals surface area (Å²) in [5.74, 6) is 0.0976. The Kier molecular flexibility index (Phi) is 8.08. The van der Waals surface area contributed by atoms with Crippen LogP contribution in [0.2, 0.25) is 0 Å². The monoisotopic (exact) mass is 434 g/mol. The molecule has 2 aromatic rings. The highest BCUT2D eigenvalue weighted by molar-refractivity contribution is 6.21. The number of nitrogens with zero attached hydrogens (tertiary/aromatic N) is 2. The summed E-state index contributed by atoms with van der Waals surface area (Å²) >= 11 is 0. The number of hydrogen-bond donors (Lipinski definition) is 2. The molecule has 156 valence electrons. The zero-order valence-corrected chi connectivity index (χ0v) is 18.4. The molecule has 1 atom stereocenters. The Morgan fingerprint density at radius 1 is 1.00 bits per heavy atom.